The second-order valence-corrected chi connectivity index (χ2v) is 9.63. The molecule has 3 aromatic carbocycles. The van der Waals surface area contributed by atoms with Gasteiger partial charge < -0.3 is 10.6 Å². The Morgan fingerprint density at radius 1 is 0.781 bits per heavy atom. The number of halogens is 1. The summed E-state index contributed by atoms with van der Waals surface area (Å²) in [5, 5.41) is 6.09. The summed E-state index contributed by atoms with van der Waals surface area (Å²) in [7, 11) is 0. The normalized spacial score (nSPS) is 12.0. The highest BCUT2D eigenvalue weighted by molar-refractivity contribution is 14.1. The van der Waals surface area contributed by atoms with Crippen LogP contribution in [0.3, 0.4) is 0 Å². The van der Waals surface area contributed by atoms with Crippen LogP contribution in [0.1, 0.15) is 42.0 Å². The molecule has 0 heterocycles. The zero-order chi connectivity index (χ0) is 23.3. The van der Waals surface area contributed by atoms with E-state index in [1.54, 1.807) is 0 Å². The van der Waals surface area contributed by atoms with Crippen molar-refractivity contribution >= 4 is 40.1 Å². The Morgan fingerprint density at radius 2 is 1.25 bits per heavy atom. The highest BCUT2D eigenvalue weighted by Crippen LogP contribution is 2.26. The van der Waals surface area contributed by atoms with Gasteiger partial charge in [0.1, 0.15) is 6.04 Å². The fraction of sp³-hybridized carbons (Fsp3) is 0.259. The zero-order valence-electron chi connectivity index (χ0n) is 18.9. The van der Waals surface area contributed by atoms with Crippen molar-refractivity contribution < 1.29 is 9.59 Å². The van der Waals surface area contributed by atoms with Gasteiger partial charge in [-0.15, -0.1) is 0 Å². The van der Waals surface area contributed by atoms with Gasteiger partial charge in [0.15, 0.2) is 0 Å². The fourth-order valence-electron chi connectivity index (χ4n) is 3.87. The first-order chi connectivity index (χ1) is 15.3. The Bertz CT molecular complexity index is 1020. The lowest BCUT2D eigenvalue weighted by Crippen LogP contribution is -2.48. The number of anilines is 1. The topological polar surface area (TPSA) is 58.2 Å². The van der Waals surface area contributed by atoms with E-state index in [0.717, 1.165) is 31.5 Å². The number of benzene rings is 3. The van der Waals surface area contributed by atoms with E-state index >= 15 is 0 Å². The second-order valence-electron chi connectivity index (χ2n) is 8.39. The SMILES string of the molecule is Cc1cc(I)cc(C)c1NC(=O)[C@@H](NC(=O)C(c1ccccc1)c1ccccc1)C(C)C. The number of rotatable bonds is 7. The highest BCUT2D eigenvalue weighted by atomic mass is 127. The van der Waals surface area contributed by atoms with Crippen LogP contribution in [0.2, 0.25) is 0 Å². The minimum Gasteiger partial charge on any atom is -0.343 e. The van der Waals surface area contributed by atoms with Crippen LogP contribution in [0, 0.1) is 23.3 Å². The Kier molecular flexibility index (Phi) is 8.07. The number of amides is 2. The molecule has 0 bridgehead atoms. The van der Waals surface area contributed by atoms with E-state index in [1.165, 1.54) is 0 Å². The third-order valence-electron chi connectivity index (χ3n) is 5.52. The number of carbonyl (C=O) groups is 2. The molecule has 0 aliphatic carbocycles. The first kappa shape index (κ1) is 24.0. The summed E-state index contributed by atoms with van der Waals surface area (Å²) in [6.45, 7) is 7.85. The Labute approximate surface area is 204 Å². The smallest absolute Gasteiger partial charge is 0.247 e. The second kappa shape index (κ2) is 10.8. The molecule has 3 rings (SSSR count). The minimum atomic E-state index is -0.657. The van der Waals surface area contributed by atoms with Crippen molar-refractivity contribution in [2.75, 3.05) is 5.32 Å². The molecular formula is C27H29IN2O2. The number of hydrogen-bond acceptors (Lipinski definition) is 2. The average molecular weight is 540 g/mol. The van der Waals surface area contributed by atoms with Crippen molar-refractivity contribution in [1.82, 2.24) is 5.32 Å². The van der Waals surface area contributed by atoms with Gasteiger partial charge in [0.2, 0.25) is 11.8 Å². The highest BCUT2D eigenvalue weighted by Gasteiger charge is 2.30. The molecule has 0 aromatic heterocycles. The first-order valence-electron chi connectivity index (χ1n) is 10.8. The summed E-state index contributed by atoms with van der Waals surface area (Å²) >= 11 is 2.27. The predicted molar refractivity (Wildman–Crippen MR) is 139 cm³/mol. The van der Waals surface area contributed by atoms with Crippen LogP contribution in [-0.4, -0.2) is 17.9 Å². The van der Waals surface area contributed by atoms with Crippen molar-refractivity contribution in [1.29, 1.82) is 0 Å². The van der Waals surface area contributed by atoms with E-state index < -0.39 is 12.0 Å². The van der Waals surface area contributed by atoms with Gasteiger partial charge in [-0.2, -0.15) is 0 Å². The third kappa shape index (κ3) is 5.76. The molecule has 0 saturated heterocycles. The van der Waals surface area contributed by atoms with Gasteiger partial charge >= 0.3 is 0 Å². The molecule has 2 N–H and O–H groups in total. The quantitative estimate of drug-likeness (QED) is 0.371. The summed E-state index contributed by atoms with van der Waals surface area (Å²) in [6.07, 6.45) is 0. The first-order valence-corrected chi connectivity index (χ1v) is 11.8. The van der Waals surface area contributed by atoms with Crippen molar-refractivity contribution in [3.63, 3.8) is 0 Å². The molecule has 0 unspecified atom stereocenters. The van der Waals surface area contributed by atoms with Gasteiger partial charge in [0, 0.05) is 9.26 Å². The van der Waals surface area contributed by atoms with E-state index in [1.807, 2.05) is 100 Å². The maximum absolute atomic E-state index is 13.5. The molecule has 3 aromatic rings. The Hall–Kier alpha value is -2.67. The summed E-state index contributed by atoms with van der Waals surface area (Å²) in [4.78, 5) is 26.7. The van der Waals surface area contributed by atoms with Gasteiger partial charge in [0.25, 0.3) is 0 Å². The van der Waals surface area contributed by atoms with Crippen molar-refractivity contribution in [3.8, 4) is 0 Å². The maximum Gasteiger partial charge on any atom is 0.247 e. The summed E-state index contributed by atoms with van der Waals surface area (Å²) < 4.78 is 1.12. The van der Waals surface area contributed by atoms with Crippen LogP contribution >= 0.6 is 22.6 Å². The number of nitrogens with one attached hydrogen (secondary N) is 2. The molecule has 1 atom stereocenters. The Balaban J connectivity index is 1.87. The molecule has 166 valence electrons. The van der Waals surface area contributed by atoms with E-state index in [2.05, 4.69) is 33.2 Å². The number of carbonyl (C=O) groups excluding carboxylic acids is 2. The molecule has 2 amide bonds. The standard InChI is InChI=1S/C27H29IN2O2/c1-17(2)24(27(32)30-25-18(3)15-22(28)16-19(25)4)29-26(31)23(20-11-7-5-8-12-20)21-13-9-6-10-14-21/h5-17,23-24H,1-4H3,(H,29,31)(H,30,32)/t24-/m0/s1. The average Bonchev–Trinajstić information content (AvgIpc) is 2.76. The molecule has 5 heteroatoms. The molecule has 32 heavy (non-hydrogen) atoms. The molecular weight excluding hydrogens is 511 g/mol. The minimum absolute atomic E-state index is 0.0735. The lowest BCUT2D eigenvalue weighted by Gasteiger charge is -2.26. The van der Waals surface area contributed by atoms with Gasteiger partial charge in [-0.1, -0.05) is 74.5 Å². The van der Waals surface area contributed by atoms with Crippen LogP contribution in [0.5, 0.6) is 0 Å². The van der Waals surface area contributed by atoms with Gasteiger partial charge in [-0.3, -0.25) is 9.59 Å². The monoisotopic (exact) mass is 540 g/mol. The van der Waals surface area contributed by atoms with Crippen molar-refractivity contribution in [3.05, 3.63) is 98.6 Å². The summed E-state index contributed by atoms with van der Waals surface area (Å²) in [6, 6.07) is 22.7. The molecule has 0 radical (unpaired) electrons. The van der Waals surface area contributed by atoms with E-state index in [9.17, 15) is 9.59 Å². The molecule has 4 nitrogen and oxygen atoms in total. The van der Waals surface area contributed by atoms with E-state index in [-0.39, 0.29) is 17.7 Å². The summed E-state index contributed by atoms with van der Waals surface area (Å²) in [5.74, 6) is -0.961. The van der Waals surface area contributed by atoms with Gasteiger partial charge in [-0.25, -0.2) is 0 Å². The van der Waals surface area contributed by atoms with Crippen LogP contribution < -0.4 is 10.6 Å². The lowest BCUT2D eigenvalue weighted by atomic mass is 9.89. The number of aryl methyl sites for hydroxylation is 2. The van der Waals surface area contributed by atoms with Gasteiger partial charge in [-0.05, 0) is 76.7 Å². The number of hydrogen-bond donors (Lipinski definition) is 2. The van der Waals surface area contributed by atoms with Crippen molar-refractivity contribution in [2.24, 2.45) is 5.92 Å². The lowest BCUT2D eigenvalue weighted by molar-refractivity contribution is -0.127. The van der Waals surface area contributed by atoms with Crippen LogP contribution in [0.15, 0.2) is 72.8 Å². The maximum atomic E-state index is 13.5. The molecule has 0 fully saturated rings. The summed E-state index contributed by atoms with van der Waals surface area (Å²) in [5.41, 5.74) is 4.59. The largest absolute Gasteiger partial charge is 0.343 e. The van der Waals surface area contributed by atoms with E-state index in [4.69, 9.17) is 0 Å². The predicted octanol–water partition coefficient (Wildman–Crippen LogP) is 5.82. The molecule has 0 aliphatic heterocycles. The molecule has 0 aliphatic rings. The third-order valence-corrected chi connectivity index (χ3v) is 6.14. The zero-order valence-corrected chi connectivity index (χ0v) is 21.0. The molecule has 0 saturated carbocycles. The Morgan fingerprint density at radius 3 is 1.69 bits per heavy atom. The molecule has 0 spiro atoms. The van der Waals surface area contributed by atoms with Crippen LogP contribution in [0.4, 0.5) is 5.69 Å². The van der Waals surface area contributed by atoms with Crippen LogP contribution in [-0.2, 0) is 9.59 Å². The van der Waals surface area contributed by atoms with E-state index in [0.29, 0.717) is 0 Å². The van der Waals surface area contributed by atoms with Gasteiger partial charge in [0.05, 0.1) is 5.92 Å². The van der Waals surface area contributed by atoms with Crippen LogP contribution in [0.25, 0.3) is 0 Å². The fourth-order valence-corrected chi connectivity index (χ4v) is 4.80. The van der Waals surface area contributed by atoms with Crippen molar-refractivity contribution in [2.45, 2.75) is 39.7 Å².